The maximum atomic E-state index is 12.5. The summed E-state index contributed by atoms with van der Waals surface area (Å²) in [5.74, 6) is 0.769. The second kappa shape index (κ2) is 11.8. The molecule has 0 atom stereocenters. The highest BCUT2D eigenvalue weighted by atomic mass is 127. The summed E-state index contributed by atoms with van der Waals surface area (Å²) in [5, 5.41) is 15.9. The molecule has 0 aliphatic rings. The summed E-state index contributed by atoms with van der Waals surface area (Å²) in [5.41, 5.74) is 1.41. The van der Waals surface area contributed by atoms with Gasteiger partial charge in [-0.05, 0) is 42.8 Å². The van der Waals surface area contributed by atoms with Crippen molar-refractivity contribution < 1.29 is 18.6 Å². The van der Waals surface area contributed by atoms with Gasteiger partial charge >= 0.3 is 6.61 Å². The standard InChI is InChI=1S/C18H20ClF2N3O2.HI/c1-2-22-18(23-10-12-3-6-15(25)7-4-12)24-11-13-9-14(19)5-8-16(13)26-17(20)21;/h3-9,17,25H,2,10-11H2,1H3,(H2,22,23,24);1H. The minimum Gasteiger partial charge on any atom is -0.508 e. The van der Waals surface area contributed by atoms with Gasteiger partial charge < -0.3 is 20.5 Å². The minimum atomic E-state index is -2.91. The molecule has 9 heteroatoms. The molecule has 0 unspecified atom stereocenters. The van der Waals surface area contributed by atoms with Crippen molar-refractivity contribution in [1.82, 2.24) is 10.6 Å². The molecular formula is C18H21ClF2IN3O2. The topological polar surface area (TPSA) is 65.9 Å². The molecule has 0 amide bonds. The summed E-state index contributed by atoms with van der Waals surface area (Å²) in [7, 11) is 0. The van der Waals surface area contributed by atoms with Crippen LogP contribution in [0.15, 0.2) is 47.5 Å². The molecule has 0 aromatic heterocycles. The highest BCUT2D eigenvalue weighted by Gasteiger charge is 2.11. The number of nitrogens with zero attached hydrogens (tertiary/aromatic N) is 1. The van der Waals surface area contributed by atoms with E-state index in [9.17, 15) is 13.9 Å². The van der Waals surface area contributed by atoms with Gasteiger partial charge in [-0.15, -0.1) is 24.0 Å². The molecule has 0 spiro atoms. The average Bonchev–Trinajstić information content (AvgIpc) is 2.60. The first-order valence-electron chi connectivity index (χ1n) is 8.01. The number of alkyl halides is 2. The molecule has 2 aromatic carbocycles. The van der Waals surface area contributed by atoms with E-state index in [1.54, 1.807) is 30.3 Å². The molecule has 27 heavy (non-hydrogen) atoms. The number of guanidine groups is 1. The highest BCUT2D eigenvalue weighted by molar-refractivity contribution is 14.0. The van der Waals surface area contributed by atoms with E-state index in [4.69, 9.17) is 11.6 Å². The number of hydrogen-bond acceptors (Lipinski definition) is 3. The molecule has 148 valence electrons. The van der Waals surface area contributed by atoms with Crippen LogP contribution in [0.25, 0.3) is 0 Å². The van der Waals surface area contributed by atoms with Crippen LogP contribution in [-0.2, 0) is 13.1 Å². The molecule has 2 aromatic rings. The summed E-state index contributed by atoms with van der Waals surface area (Å²) in [6.07, 6.45) is 0. The second-order valence-electron chi connectivity index (χ2n) is 5.35. The fraction of sp³-hybridized carbons (Fsp3) is 0.278. The lowest BCUT2D eigenvalue weighted by molar-refractivity contribution is -0.0504. The second-order valence-corrected chi connectivity index (χ2v) is 5.78. The van der Waals surface area contributed by atoms with Crippen LogP contribution in [0.1, 0.15) is 18.1 Å². The molecule has 0 saturated heterocycles. The lowest BCUT2D eigenvalue weighted by Crippen LogP contribution is -2.36. The molecular weight excluding hydrogens is 491 g/mol. The highest BCUT2D eigenvalue weighted by Crippen LogP contribution is 2.24. The zero-order valence-electron chi connectivity index (χ0n) is 14.6. The molecule has 0 heterocycles. The first kappa shape index (κ1) is 23.2. The maximum Gasteiger partial charge on any atom is 0.387 e. The van der Waals surface area contributed by atoms with Crippen molar-refractivity contribution in [3.05, 3.63) is 58.6 Å². The van der Waals surface area contributed by atoms with E-state index in [0.29, 0.717) is 29.6 Å². The Bertz CT molecular complexity index is 746. The minimum absolute atomic E-state index is 0. The van der Waals surface area contributed by atoms with Crippen molar-refractivity contribution in [3.63, 3.8) is 0 Å². The zero-order valence-corrected chi connectivity index (χ0v) is 17.7. The van der Waals surface area contributed by atoms with Gasteiger partial charge in [0.05, 0.1) is 6.54 Å². The third-order valence-corrected chi connectivity index (χ3v) is 3.62. The normalized spacial score (nSPS) is 11.1. The van der Waals surface area contributed by atoms with E-state index in [2.05, 4.69) is 20.4 Å². The zero-order chi connectivity index (χ0) is 18.9. The van der Waals surface area contributed by atoms with E-state index >= 15 is 0 Å². The van der Waals surface area contributed by atoms with Gasteiger partial charge in [-0.2, -0.15) is 8.78 Å². The fourth-order valence-electron chi connectivity index (χ4n) is 2.19. The number of benzene rings is 2. The van der Waals surface area contributed by atoms with Gasteiger partial charge in [0.2, 0.25) is 0 Å². The summed E-state index contributed by atoms with van der Waals surface area (Å²) in [6, 6.07) is 11.2. The lowest BCUT2D eigenvalue weighted by atomic mass is 10.2. The Morgan fingerprint density at radius 3 is 2.52 bits per heavy atom. The van der Waals surface area contributed by atoms with Crippen LogP contribution in [0, 0.1) is 0 Å². The van der Waals surface area contributed by atoms with Crippen LogP contribution in [0.4, 0.5) is 8.78 Å². The smallest absolute Gasteiger partial charge is 0.387 e. The predicted octanol–water partition coefficient (Wildman–Crippen LogP) is 4.52. The van der Waals surface area contributed by atoms with Crippen molar-refractivity contribution in [2.75, 3.05) is 6.54 Å². The number of nitrogens with one attached hydrogen (secondary N) is 2. The van der Waals surface area contributed by atoms with E-state index in [0.717, 1.165) is 5.56 Å². The van der Waals surface area contributed by atoms with Gasteiger partial charge in [0.1, 0.15) is 11.5 Å². The van der Waals surface area contributed by atoms with Gasteiger partial charge in [0.25, 0.3) is 0 Å². The van der Waals surface area contributed by atoms with Gasteiger partial charge in [0, 0.05) is 23.7 Å². The van der Waals surface area contributed by atoms with E-state index in [-0.39, 0.29) is 42.0 Å². The van der Waals surface area contributed by atoms with Gasteiger partial charge in [-0.25, -0.2) is 4.99 Å². The van der Waals surface area contributed by atoms with Crippen LogP contribution >= 0.6 is 35.6 Å². The number of aliphatic imine (C=N–C) groups is 1. The van der Waals surface area contributed by atoms with Crippen LogP contribution in [0.5, 0.6) is 11.5 Å². The Morgan fingerprint density at radius 2 is 1.89 bits per heavy atom. The fourth-order valence-corrected chi connectivity index (χ4v) is 2.38. The molecule has 0 bridgehead atoms. The van der Waals surface area contributed by atoms with E-state index in [1.807, 2.05) is 6.92 Å². The number of ether oxygens (including phenoxy) is 1. The van der Waals surface area contributed by atoms with Crippen molar-refractivity contribution in [2.45, 2.75) is 26.6 Å². The predicted molar refractivity (Wildman–Crippen MR) is 113 cm³/mol. The van der Waals surface area contributed by atoms with Crippen molar-refractivity contribution in [2.24, 2.45) is 4.99 Å². The van der Waals surface area contributed by atoms with E-state index < -0.39 is 6.61 Å². The Morgan fingerprint density at radius 1 is 1.19 bits per heavy atom. The molecule has 3 N–H and O–H groups in total. The van der Waals surface area contributed by atoms with E-state index in [1.165, 1.54) is 12.1 Å². The number of aromatic hydroxyl groups is 1. The first-order chi connectivity index (χ1) is 12.5. The molecule has 0 fully saturated rings. The average molecular weight is 512 g/mol. The Labute approximate surface area is 178 Å². The number of phenolic OH excluding ortho intramolecular Hbond substituents is 1. The summed E-state index contributed by atoms with van der Waals surface area (Å²) < 4.78 is 29.6. The molecule has 0 aliphatic heterocycles. The lowest BCUT2D eigenvalue weighted by Gasteiger charge is -2.14. The van der Waals surface area contributed by atoms with Crippen LogP contribution in [0.2, 0.25) is 5.02 Å². The van der Waals surface area contributed by atoms with Gasteiger partial charge in [-0.3, -0.25) is 0 Å². The number of rotatable bonds is 7. The van der Waals surface area contributed by atoms with Gasteiger partial charge in [-0.1, -0.05) is 23.7 Å². The number of hydrogen-bond donors (Lipinski definition) is 3. The monoisotopic (exact) mass is 511 g/mol. The largest absolute Gasteiger partial charge is 0.508 e. The molecule has 0 radical (unpaired) electrons. The van der Waals surface area contributed by atoms with Crippen molar-refractivity contribution in [3.8, 4) is 11.5 Å². The Balaban J connectivity index is 0.00000364. The third-order valence-electron chi connectivity index (χ3n) is 3.39. The molecule has 2 rings (SSSR count). The van der Waals surface area contributed by atoms with Gasteiger partial charge in [0.15, 0.2) is 5.96 Å². The molecule has 0 saturated carbocycles. The quantitative estimate of drug-likeness (QED) is 0.291. The Hall–Kier alpha value is -1.81. The SMILES string of the molecule is CCNC(=NCc1ccc(O)cc1)NCc1cc(Cl)ccc1OC(F)F.I. The summed E-state index contributed by atoms with van der Waals surface area (Å²) in [6.45, 7) is 0.251. The molecule has 0 aliphatic carbocycles. The molecule has 5 nitrogen and oxygen atoms in total. The first-order valence-corrected chi connectivity index (χ1v) is 8.39. The summed E-state index contributed by atoms with van der Waals surface area (Å²) >= 11 is 5.95. The number of phenols is 1. The third kappa shape index (κ3) is 8.17. The Kier molecular flexibility index (Phi) is 10.2. The maximum absolute atomic E-state index is 12.5. The number of halogens is 4. The van der Waals surface area contributed by atoms with Crippen molar-refractivity contribution >= 4 is 41.5 Å². The van der Waals surface area contributed by atoms with Crippen molar-refractivity contribution in [1.29, 1.82) is 0 Å². The summed E-state index contributed by atoms with van der Waals surface area (Å²) in [4.78, 5) is 4.43. The van der Waals surface area contributed by atoms with Crippen LogP contribution in [-0.4, -0.2) is 24.2 Å². The van der Waals surface area contributed by atoms with Crippen LogP contribution in [0.3, 0.4) is 0 Å². The van der Waals surface area contributed by atoms with Crippen LogP contribution < -0.4 is 15.4 Å².